The van der Waals surface area contributed by atoms with E-state index in [0.29, 0.717) is 5.56 Å². The third kappa shape index (κ3) is 2.51. The third-order valence-electron chi connectivity index (χ3n) is 3.58. The highest BCUT2D eigenvalue weighted by Crippen LogP contribution is 2.25. The van der Waals surface area contributed by atoms with E-state index < -0.39 is 0 Å². The number of phenols is 1. The number of rotatable bonds is 2. The summed E-state index contributed by atoms with van der Waals surface area (Å²) in [6.45, 7) is 3.70. The lowest BCUT2D eigenvalue weighted by molar-refractivity contribution is 0.475. The number of fused-ring (bicyclic) bond motifs is 1. The Kier molecular flexibility index (Phi) is 3.51. The summed E-state index contributed by atoms with van der Waals surface area (Å²) in [4.78, 5) is 12.0. The van der Waals surface area contributed by atoms with Crippen LogP contribution in [0.15, 0.2) is 58.4 Å². The molecule has 1 aromatic heterocycles. The number of aryl methyl sites for hydroxylation is 2. The molecular formula is C18H16N2O2. The Morgan fingerprint density at radius 1 is 1.09 bits per heavy atom. The zero-order chi connectivity index (χ0) is 15.7. The van der Waals surface area contributed by atoms with Crippen molar-refractivity contribution in [3.8, 4) is 5.75 Å². The minimum atomic E-state index is -0.187. The van der Waals surface area contributed by atoms with Gasteiger partial charge in [0.2, 0.25) is 0 Å². The summed E-state index contributed by atoms with van der Waals surface area (Å²) in [6.07, 6.45) is 1.53. The van der Waals surface area contributed by atoms with Gasteiger partial charge in [-0.1, -0.05) is 30.3 Å². The maximum atomic E-state index is 12.0. The summed E-state index contributed by atoms with van der Waals surface area (Å²) in [5, 5.41) is 16.2. The molecule has 0 saturated heterocycles. The molecule has 2 aromatic carbocycles. The van der Waals surface area contributed by atoms with Gasteiger partial charge in [-0.2, -0.15) is 5.10 Å². The molecule has 1 heterocycles. The molecule has 0 aliphatic carbocycles. The number of nitrogens with zero attached hydrogens (tertiary/aromatic N) is 2. The number of benzene rings is 2. The van der Waals surface area contributed by atoms with E-state index in [1.807, 2.05) is 50.2 Å². The number of aromatic nitrogens is 1. The van der Waals surface area contributed by atoms with E-state index in [1.165, 1.54) is 17.0 Å². The molecule has 0 fully saturated rings. The van der Waals surface area contributed by atoms with Crippen LogP contribution < -0.4 is 5.56 Å². The zero-order valence-corrected chi connectivity index (χ0v) is 12.4. The summed E-state index contributed by atoms with van der Waals surface area (Å²) < 4.78 is 1.33. The van der Waals surface area contributed by atoms with Gasteiger partial charge in [-0.15, -0.1) is 0 Å². The van der Waals surface area contributed by atoms with Crippen LogP contribution in [-0.4, -0.2) is 16.0 Å². The van der Waals surface area contributed by atoms with Crippen molar-refractivity contribution in [2.24, 2.45) is 5.10 Å². The van der Waals surface area contributed by atoms with Crippen LogP contribution in [0, 0.1) is 13.8 Å². The Morgan fingerprint density at radius 3 is 2.64 bits per heavy atom. The molecule has 4 heteroatoms. The van der Waals surface area contributed by atoms with Gasteiger partial charge in [0.05, 0.1) is 6.21 Å². The molecule has 0 aliphatic heterocycles. The van der Waals surface area contributed by atoms with Gasteiger partial charge in [0.1, 0.15) is 5.75 Å². The average Bonchev–Trinajstić information content (AvgIpc) is 2.48. The van der Waals surface area contributed by atoms with E-state index in [2.05, 4.69) is 5.10 Å². The first-order valence-corrected chi connectivity index (χ1v) is 7.01. The predicted molar refractivity (Wildman–Crippen MR) is 88.8 cm³/mol. The molecule has 0 saturated carbocycles. The SMILES string of the molecule is Cc1cc(C)n(N=Cc2c(O)ccc3ccccc23)c(=O)c1. The quantitative estimate of drug-likeness (QED) is 0.737. The largest absolute Gasteiger partial charge is 0.507 e. The Balaban J connectivity index is 2.15. The van der Waals surface area contributed by atoms with Gasteiger partial charge in [-0.05, 0) is 42.3 Å². The first kappa shape index (κ1) is 14.1. The van der Waals surface area contributed by atoms with Crippen LogP contribution in [0.5, 0.6) is 5.75 Å². The summed E-state index contributed by atoms with van der Waals surface area (Å²) in [5.74, 6) is 0.139. The van der Waals surface area contributed by atoms with Crippen molar-refractivity contribution < 1.29 is 5.11 Å². The predicted octanol–water partition coefficient (Wildman–Crippen LogP) is 3.21. The maximum absolute atomic E-state index is 12.0. The Morgan fingerprint density at radius 2 is 1.86 bits per heavy atom. The van der Waals surface area contributed by atoms with Crippen molar-refractivity contribution in [2.45, 2.75) is 13.8 Å². The van der Waals surface area contributed by atoms with E-state index >= 15 is 0 Å². The lowest BCUT2D eigenvalue weighted by atomic mass is 10.0. The van der Waals surface area contributed by atoms with Crippen LogP contribution in [0.4, 0.5) is 0 Å². The Hall–Kier alpha value is -2.88. The van der Waals surface area contributed by atoms with Gasteiger partial charge < -0.3 is 5.11 Å². The normalized spacial score (nSPS) is 11.4. The van der Waals surface area contributed by atoms with Gasteiger partial charge in [-0.3, -0.25) is 4.79 Å². The summed E-state index contributed by atoms with van der Waals surface area (Å²) in [5.41, 5.74) is 2.07. The lowest BCUT2D eigenvalue weighted by Crippen LogP contribution is -2.18. The second kappa shape index (κ2) is 5.48. The van der Waals surface area contributed by atoms with Gasteiger partial charge in [0, 0.05) is 17.3 Å². The second-order valence-electron chi connectivity index (χ2n) is 5.29. The first-order chi connectivity index (χ1) is 10.6. The molecule has 3 aromatic rings. The highest BCUT2D eigenvalue weighted by molar-refractivity contribution is 6.02. The fraction of sp³-hybridized carbons (Fsp3) is 0.111. The van der Waals surface area contributed by atoms with Crippen molar-refractivity contribution in [3.05, 3.63) is 75.7 Å². The lowest BCUT2D eigenvalue weighted by Gasteiger charge is -2.06. The molecule has 22 heavy (non-hydrogen) atoms. The monoisotopic (exact) mass is 292 g/mol. The van der Waals surface area contributed by atoms with Crippen molar-refractivity contribution in [3.63, 3.8) is 0 Å². The summed E-state index contributed by atoms with van der Waals surface area (Å²) >= 11 is 0. The molecule has 3 rings (SSSR count). The van der Waals surface area contributed by atoms with Crippen molar-refractivity contribution in [1.82, 2.24) is 4.68 Å². The number of hydrogen-bond acceptors (Lipinski definition) is 3. The molecule has 110 valence electrons. The van der Waals surface area contributed by atoms with Crippen LogP contribution in [0.2, 0.25) is 0 Å². The first-order valence-electron chi connectivity index (χ1n) is 7.01. The van der Waals surface area contributed by atoms with Crippen LogP contribution in [-0.2, 0) is 0 Å². The summed E-state index contributed by atoms with van der Waals surface area (Å²) in [7, 11) is 0. The molecule has 0 bridgehead atoms. The van der Waals surface area contributed by atoms with Gasteiger partial charge in [0.15, 0.2) is 0 Å². The molecular weight excluding hydrogens is 276 g/mol. The van der Waals surface area contributed by atoms with E-state index in [4.69, 9.17) is 0 Å². The van der Waals surface area contributed by atoms with E-state index in [9.17, 15) is 9.90 Å². The van der Waals surface area contributed by atoms with E-state index in [-0.39, 0.29) is 11.3 Å². The highest BCUT2D eigenvalue weighted by atomic mass is 16.3. The second-order valence-corrected chi connectivity index (χ2v) is 5.29. The van der Waals surface area contributed by atoms with Crippen LogP contribution in [0.1, 0.15) is 16.8 Å². The molecule has 0 amide bonds. The number of pyridine rings is 1. The molecule has 4 nitrogen and oxygen atoms in total. The minimum Gasteiger partial charge on any atom is -0.507 e. The van der Waals surface area contributed by atoms with Gasteiger partial charge >= 0.3 is 0 Å². The maximum Gasteiger partial charge on any atom is 0.271 e. The van der Waals surface area contributed by atoms with Gasteiger partial charge in [0.25, 0.3) is 5.56 Å². The topological polar surface area (TPSA) is 54.6 Å². The number of aromatic hydroxyl groups is 1. The van der Waals surface area contributed by atoms with Crippen molar-refractivity contribution >= 4 is 17.0 Å². The standard InChI is InChI=1S/C18H16N2O2/c1-12-9-13(2)20(18(22)10-12)19-11-16-15-6-4-3-5-14(15)7-8-17(16)21/h3-11,21H,1-2H3. The van der Waals surface area contributed by atoms with Crippen molar-refractivity contribution in [1.29, 1.82) is 0 Å². The number of phenolic OH excluding ortho intramolecular Hbond substituents is 1. The average molecular weight is 292 g/mol. The Bertz CT molecular complexity index is 939. The smallest absolute Gasteiger partial charge is 0.271 e. The Labute approximate surface area is 128 Å². The fourth-order valence-corrected chi connectivity index (χ4v) is 2.55. The highest BCUT2D eigenvalue weighted by Gasteiger charge is 2.05. The van der Waals surface area contributed by atoms with Crippen LogP contribution in [0.3, 0.4) is 0 Å². The van der Waals surface area contributed by atoms with E-state index in [0.717, 1.165) is 22.0 Å². The van der Waals surface area contributed by atoms with Gasteiger partial charge in [-0.25, -0.2) is 4.68 Å². The van der Waals surface area contributed by atoms with Crippen molar-refractivity contribution in [2.75, 3.05) is 0 Å². The molecule has 0 radical (unpaired) electrons. The summed E-state index contributed by atoms with van der Waals surface area (Å²) in [6, 6.07) is 14.6. The third-order valence-corrected chi connectivity index (χ3v) is 3.58. The molecule has 0 unspecified atom stereocenters. The van der Waals surface area contributed by atoms with Crippen LogP contribution in [0.25, 0.3) is 10.8 Å². The fourth-order valence-electron chi connectivity index (χ4n) is 2.55. The molecule has 0 atom stereocenters. The van der Waals surface area contributed by atoms with E-state index in [1.54, 1.807) is 6.07 Å². The minimum absolute atomic E-state index is 0.139. The molecule has 0 aliphatic rings. The zero-order valence-electron chi connectivity index (χ0n) is 12.4. The molecule has 1 N–H and O–H groups in total. The van der Waals surface area contributed by atoms with Crippen LogP contribution >= 0.6 is 0 Å². The molecule has 0 spiro atoms. The number of hydrogen-bond donors (Lipinski definition) is 1.